The molecular weight excluding hydrogens is 402 g/mol. The first-order valence-electron chi connectivity index (χ1n) is 8.80. The summed E-state index contributed by atoms with van der Waals surface area (Å²) < 4.78 is 1.47. The van der Waals surface area contributed by atoms with Crippen LogP contribution >= 0.6 is 23.1 Å². The molecule has 1 aromatic carbocycles. The monoisotopic (exact) mass is 417 g/mol. The molecule has 29 heavy (non-hydrogen) atoms. The Balaban J connectivity index is 1.73. The van der Waals surface area contributed by atoms with E-state index in [0.717, 1.165) is 31.9 Å². The van der Waals surface area contributed by atoms with Crippen molar-refractivity contribution in [2.45, 2.75) is 17.1 Å². The molecule has 0 aliphatic heterocycles. The van der Waals surface area contributed by atoms with Gasteiger partial charge in [-0.15, -0.1) is 21.5 Å². The largest absolute Gasteiger partial charge is 0.336 e. The molecule has 5 aromatic rings. The van der Waals surface area contributed by atoms with Gasteiger partial charge in [0.15, 0.2) is 5.82 Å². The lowest BCUT2D eigenvalue weighted by Crippen LogP contribution is -2.11. The maximum Gasteiger partial charge on any atom is 0.216 e. The van der Waals surface area contributed by atoms with Gasteiger partial charge in [0.05, 0.1) is 5.39 Å². The predicted molar refractivity (Wildman–Crippen MR) is 115 cm³/mol. The van der Waals surface area contributed by atoms with E-state index in [1.54, 1.807) is 23.7 Å². The van der Waals surface area contributed by atoms with Gasteiger partial charge in [-0.2, -0.15) is 0 Å². The summed E-state index contributed by atoms with van der Waals surface area (Å²) in [4.78, 5) is 14.8. The fraction of sp³-hybridized carbons (Fsp3) is 0.0500. The lowest BCUT2D eigenvalue weighted by atomic mass is 10.1. The van der Waals surface area contributed by atoms with E-state index < -0.39 is 0 Å². The van der Waals surface area contributed by atoms with Crippen LogP contribution in [0.25, 0.3) is 32.7 Å². The molecule has 4 aromatic heterocycles. The van der Waals surface area contributed by atoms with Gasteiger partial charge in [0.25, 0.3) is 0 Å². The number of aryl methyl sites for hydroxylation is 1. The standard InChI is InChI=1S/C20H15N7S2/c1-12-25-26-20(27(12)21)29-19-16-15(13-6-3-2-4-7-13)11-28-18(16)23-17(24-19)14-8-5-9-22-10-14/h2-11H,21H2,1H3. The first-order valence-corrected chi connectivity index (χ1v) is 10.5. The number of hydrogen-bond acceptors (Lipinski definition) is 8. The molecular formula is C20H15N7S2. The van der Waals surface area contributed by atoms with Crippen LogP contribution in [0.1, 0.15) is 5.82 Å². The predicted octanol–water partition coefficient (Wildman–Crippen LogP) is 4.19. The van der Waals surface area contributed by atoms with Gasteiger partial charge in [0.2, 0.25) is 5.16 Å². The number of hydrogen-bond donors (Lipinski definition) is 1. The zero-order valence-corrected chi connectivity index (χ0v) is 17.0. The minimum atomic E-state index is 0.574. The highest BCUT2D eigenvalue weighted by Gasteiger charge is 2.19. The van der Waals surface area contributed by atoms with Gasteiger partial charge >= 0.3 is 0 Å². The van der Waals surface area contributed by atoms with Crippen LogP contribution in [-0.2, 0) is 0 Å². The summed E-state index contributed by atoms with van der Waals surface area (Å²) in [7, 11) is 0. The van der Waals surface area contributed by atoms with Crippen molar-refractivity contribution in [3.05, 3.63) is 66.1 Å². The van der Waals surface area contributed by atoms with Crippen LogP contribution in [0.3, 0.4) is 0 Å². The van der Waals surface area contributed by atoms with E-state index in [1.807, 2.05) is 37.3 Å². The Hall–Kier alpha value is -3.30. The Morgan fingerprint density at radius 3 is 2.55 bits per heavy atom. The Morgan fingerprint density at radius 2 is 1.83 bits per heavy atom. The Morgan fingerprint density at radius 1 is 1.00 bits per heavy atom. The van der Waals surface area contributed by atoms with Crippen molar-refractivity contribution in [1.29, 1.82) is 0 Å². The highest BCUT2D eigenvalue weighted by atomic mass is 32.2. The van der Waals surface area contributed by atoms with Crippen LogP contribution < -0.4 is 5.84 Å². The van der Waals surface area contributed by atoms with Gasteiger partial charge in [-0.1, -0.05) is 30.3 Å². The van der Waals surface area contributed by atoms with E-state index in [1.165, 1.54) is 16.4 Å². The molecule has 0 saturated carbocycles. The minimum absolute atomic E-state index is 0.574. The number of nitrogens with zero attached hydrogens (tertiary/aromatic N) is 6. The summed E-state index contributed by atoms with van der Waals surface area (Å²) in [6.07, 6.45) is 3.49. The number of aromatic nitrogens is 6. The number of fused-ring (bicyclic) bond motifs is 1. The third-order valence-corrected chi connectivity index (χ3v) is 6.25. The van der Waals surface area contributed by atoms with E-state index in [4.69, 9.17) is 15.8 Å². The third kappa shape index (κ3) is 3.24. The lowest BCUT2D eigenvalue weighted by molar-refractivity contribution is 0.824. The molecule has 4 heterocycles. The van der Waals surface area contributed by atoms with Crippen LogP contribution in [0, 0.1) is 6.92 Å². The quantitative estimate of drug-likeness (QED) is 0.346. The van der Waals surface area contributed by atoms with Crippen LogP contribution in [0.15, 0.2) is 70.4 Å². The molecule has 0 radical (unpaired) electrons. The molecule has 0 bridgehead atoms. The second-order valence-electron chi connectivity index (χ2n) is 6.29. The summed E-state index contributed by atoms with van der Waals surface area (Å²) in [5, 5.41) is 12.7. The summed E-state index contributed by atoms with van der Waals surface area (Å²) in [5.74, 6) is 7.35. The van der Waals surface area contributed by atoms with Gasteiger partial charge in [-0.05, 0) is 36.4 Å². The van der Waals surface area contributed by atoms with Crippen molar-refractivity contribution in [2.75, 3.05) is 5.84 Å². The first-order chi connectivity index (χ1) is 14.2. The van der Waals surface area contributed by atoms with Gasteiger partial charge < -0.3 is 5.84 Å². The molecule has 2 N–H and O–H groups in total. The van der Waals surface area contributed by atoms with E-state index in [9.17, 15) is 0 Å². The van der Waals surface area contributed by atoms with Crippen molar-refractivity contribution >= 4 is 33.3 Å². The molecule has 0 atom stereocenters. The number of rotatable bonds is 4. The summed E-state index contributed by atoms with van der Waals surface area (Å²) in [5.41, 5.74) is 3.06. The molecule has 0 unspecified atom stereocenters. The molecule has 0 saturated heterocycles. The van der Waals surface area contributed by atoms with E-state index in [-0.39, 0.29) is 0 Å². The van der Waals surface area contributed by atoms with Crippen LogP contribution in [0.4, 0.5) is 0 Å². The maximum atomic E-state index is 6.09. The van der Waals surface area contributed by atoms with Crippen molar-refractivity contribution in [1.82, 2.24) is 29.8 Å². The van der Waals surface area contributed by atoms with Gasteiger partial charge in [-0.3, -0.25) is 4.98 Å². The molecule has 9 heteroatoms. The molecule has 0 fully saturated rings. The van der Waals surface area contributed by atoms with Crippen molar-refractivity contribution in [3.8, 4) is 22.5 Å². The zero-order chi connectivity index (χ0) is 19.8. The molecule has 0 amide bonds. The average Bonchev–Trinajstić information content (AvgIpc) is 3.34. The molecule has 5 rings (SSSR count). The number of nitrogen functional groups attached to an aromatic ring is 1. The van der Waals surface area contributed by atoms with Gasteiger partial charge in [0, 0.05) is 28.9 Å². The lowest BCUT2D eigenvalue weighted by Gasteiger charge is -2.08. The third-order valence-electron chi connectivity index (χ3n) is 4.43. The molecule has 7 nitrogen and oxygen atoms in total. The number of pyridine rings is 1. The highest BCUT2D eigenvalue weighted by molar-refractivity contribution is 7.99. The Bertz CT molecular complexity index is 1300. The van der Waals surface area contributed by atoms with E-state index >= 15 is 0 Å². The maximum absolute atomic E-state index is 6.09. The van der Waals surface area contributed by atoms with Crippen molar-refractivity contribution in [2.24, 2.45) is 0 Å². The van der Waals surface area contributed by atoms with Crippen molar-refractivity contribution < 1.29 is 0 Å². The van der Waals surface area contributed by atoms with Gasteiger partial charge in [0.1, 0.15) is 15.7 Å². The minimum Gasteiger partial charge on any atom is -0.336 e. The Labute approximate surface area is 174 Å². The number of nitrogens with two attached hydrogens (primary N) is 1. The second-order valence-corrected chi connectivity index (χ2v) is 8.11. The normalized spacial score (nSPS) is 11.2. The number of benzene rings is 1. The Kier molecular flexibility index (Phi) is 4.45. The molecule has 142 valence electrons. The van der Waals surface area contributed by atoms with Gasteiger partial charge in [-0.25, -0.2) is 14.6 Å². The summed E-state index contributed by atoms with van der Waals surface area (Å²) in [6.45, 7) is 1.81. The summed E-state index contributed by atoms with van der Waals surface area (Å²) in [6, 6.07) is 14.0. The average molecular weight is 418 g/mol. The first kappa shape index (κ1) is 17.8. The highest BCUT2D eigenvalue weighted by Crippen LogP contribution is 2.40. The fourth-order valence-corrected chi connectivity index (χ4v) is 4.88. The van der Waals surface area contributed by atoms with E-state index in [0.29, 0.717) is 16.8 Å². The zero-order valence-electron chi connectivity index (χ0n) is 15.4. The second kappa shape index (κ2) is 7.26. The van der Waals surface area contributed by atoms with Crippen LogP contribution in [-0.4, -0.2) is 29.8 Å². The topological polar surface area (TPSA) is 95.4 Å². The van der Waals surface area contributed by atoms with Crippen LogP contribution in [0.2, 0.25) is 0 Å². The molecule has 0 spiro atoms. The van der Waals surface area contributed by atoms with Crippen LogP contribution in [0.5, 0.6) is 0 Å². The van der Waals surface area contributed by atoms with Crippen molar-refractivity contribution in [3.63, 3.8) is 0 Å². The number of thiophene rings is 1. The molecule has 0 aliphatic rings. The smallest absolute Gasteiger partial charge is 0.216 e. The fourth-order valence-electron chi connectivity index (χ4n) is 2.94. The summed E-state index contributed by atoms with van der Waals surface area (Å²) >= 11 is 2.98. The van der Waals surface area contributed by atoms with E-state index in [2.05, 4.69) is 32.7 Å². The SMILES string of the molecule is Cc1nnc(Sc2nc(-c3cccnc3)nc3scc(-c4ccccc4)c23)n1N. The molecule has 0 aliphatic carbocycles.